The largest absolute Gasteiger partial charge is 0.494 e. The van der Waals surface area contributed by atoms with Crippen molar-refractivity contribution < 1.29 is 9.72 Å². The Bertz CT molecular complexity index is 800. The van der Waals surface area contributed by atoms with Crippen molar-refractivity contribution in [2.45, 2.75) is 13.8 Å². The number of aryl methyl sites for hydroxylation is 1. The number of anilines is 2. The van der Waals surface area contributed by atoms with Crippen LogP contribution in [0.2, 0.25) is 0 Å². The van der Waals surface area contributed by atoms with Gasteiger partial charge in [-0.25, -0.2) is 4.98 Å². The molecule has 0 atom stereocenters. The number of hydrogen-bond donors (Lipinski definition) is 1. The van der Waals surface area contributed by atoms with Crippen molar-refractivity contribution in [3.8, 4) is 5.75 Å². The van der Waals surface area contributed by atoms with Crippen LogP contribution < -0.4 is 15.0 Å². The number of aromatic amines is 1. The predicted octanol–water partition coefficient (Wildman–Crippen LogP) is 4.87. The summed E-state index contributed by atoms with van der Waals surface area (Å²) < 4.78 is 6.69. The molecule has 4 heteroatoms. The zero-order chi connectivity index (χ0) is 15.5. The minimum Gasteiger partial charge on any atom is -0.494 e. The molecule has 1 aromatic heterocycles. The molecule has 0 bridgehead atoms. The van der Waals surface area contributed by atoms with Crippen molar-refractivity contribution >= 4 is 38.2 Å². The first-order valence-electron chi connectivity index (χ1n) is 7.28. The van der Waals surface area contributed by atoms with E-state index in [1.54, 1.807) is 0 Å². The molecule has 0 aliphatic rings. The fraction of sp³-hybridized carbons (Fsp3) is 0.167. The van der Waals surface area contributed by atoms with Crippen LogP contribution in [0.15, 0.2) is 53.0 Å². The summed E-state index contributed by atoms with van der Waals surface area (Å²) in [6, 6.07) is 16.4. The number of rotatable bonds is 4. The van der Waals surface area contributed by atoms with E-state index in [1.165, 1.54) is 0 Å². The summed E-state index contributed by atoms with van der Waals surface area (Å²) in [6.45, 7) is 4.71. The summed E-state index contributed by atoms with van der Waals surface area (Å²) in [5.74, 6) is 0.881. The summed E-state index contributed by atoms with van der Waals surface area (Å²) in [4.78, 5) is 3.39. The fourth-order valence-corrected chi connectivity index (χ4v) is 2.71. The first kappa shape index (κ1) is 14.9. The fourth-order valence-electron chi connectivity index (χ4n) is 2.45. The summed E-state index contributed by atoms with van der Waals surface area (Å²) in [6.07, 6.45) is 0. The van der Waals surface area contributed by atoms with E-state index in [9.17, 15) is 0 Å². The molecule has 0 amide bonds. The van der Waals surface area contributed by atoms with Gasteiger partial charge in [0.1, 0.15) is 5.75 Å². The number of fused-ring (bicyclic) bond motifs is 1. The van der Waals surface area contributed by atoms with E-state index in [2.05, 4.69) is 51.4 Å². The van der Waals surface area contributed by atoms with Gasteiger partial charge in [-0.1, -0.05) is 15.9 Å². The van der Waals surface area contributed by atoms with Gasteiger partial charge in [0, 0.05) is 29.2 Å². The Labute approximate surface area is 138 Å². The second-order valence-electron chi connectivity index (χ2n) is 5.14. The molecule has 2 N–H and O–H groups in total. The van der Waals surface area contributed by atoms with Gasteiger partial charge in [-0.2, -0.15) is 0 Å². The number of pyridine rings is 1. The molecule has 3 nitrogen and oxygen atoms in total. The Morgan fingerprint density at radius 3 is 2.59 bits per heavy atom. The maximum atomic E-state index is 5.62. The molecule has 0 unspecified atom stereocenters. The van der Waals surface area contributed by atoms with Crippen LogP contribution in [-0.2, 0) is 0 Å². The topological polar surface area (TPSA) is 35.4 Å². The highest BCUT2D eigenvalue weighted by Gasteiger charge is 2.11. The summed E-state index contributed by atoms with van der Waals surface area (Å²) in [5, 5.41) is 4.60. The second-order valence-corrected chi connectivity index (χ2v) is 6.05. The lowest BCUT2D eigenvalue weighted by molar-refractivity contribution is -0.354. The standard InChI is InChI=1S/C18H17BrN2O/c1-3-22-15-8-9-17-16(11-15)18(10-12(2)20-17)21-14-6-4-13(19)5-7-14/h4-11H,3H2,1-2H3,(H,20,21)/p+1. The smallest absolute Gasteiger partial charge is 0.213 e. The minimum absolute atomic E-state index is 0.663. The molecule has 112 valence electrons. The van der Waals surface area contributed by atoms with Crippen molar-refractivity contribution in [1.29, 1.82) is 0 Å². The predicted molar refractivity (Wildman–Crippen MR) is 93.8 cm³/mol. The maximum absolute atomic E-state index is 5.62. The van der Waals surface area contributed by atoms with Crippen molar-refractivity contribution in [3.05, 3.63) is 58.7 Å². The second kappa shape index (κ2) is 6.36. The van der Waals surface area contributed by atoms with Crippen molar-refractivity contribution in [3.63, 3.8) is 0 Å². The van der Waals surface area contributed by atoms with Gasteiger partial charge in [0.05, 0.1) is 17.7 Å². The normalized spacial score (nSPS) is 10.7. The molecule has 0 spiro atoms. The van der Waals surface area contributed by atoms with Crippen LogP contribution in [0.5, 0.6) is 5.75 Å². The highest BCUT2D eigenvalue weighted by Crippen LogP contribution is 2.28. The van der Waals surface area contributed by atoms with E-state index in [0.717, 1.165) is 38.2 Å². The van der Waals surface area contributed by atoms with Crippen molar-refractivity contribution in [1.82, 2.24) is 0 Å². The van der Waals surface area contributed by atoms with Gasteiger partial charge in [-0.05, 0) is 43.3 Å². The highest BCUT2D eigenvalue weighted by atomic mass is 79.9. The lowest BCUT2D eigenvalue weighted by atomic mass is 10.1. The van der Waals surface area contributed by atoms with Gasteiger partial charge in [0.2, 0.25) is 5.52 Å². The van der Waals surface area contributed by atoms with Gasteiger partial charge >= 0.3 is 0 Å². The van der Waals surface area contributed by atoms with Crippen LogP contribution in [-0.4, -0.2) is 6.61 Å². The van der Waals surface area contributed by atoms with Gasteiger partial charge in [-0.15, -0.1) is 0 Å². The third-order valence-corrected chi connectivity index (χ3v) is 3.94. The number of halogens is 1. The SMILES string of the molecule is CCOc1ccc2[nH+]c(C)cc(Nc3ccc(Br)cc3)c2c1. The number of H-pyrrole nitrogens is 1. The van der Waals surface area contributed by atoms with Gasteiger partial charge < -0.3 is 10.1 Å². The van der Waals surface area contributed by atoms with Crippen molar-refractivity contribution in [2.24, 2.45) is 0 Å². The first-order valence-corrected chi connectivity index (χ1v) is 8.07. The average Bonchev–Trinajstić information content (AvgIpc) is 2.50. The average molecular weight is 358 g/mol. The number of benzene rings is 2. The summed E-state index contributed by atoms with van der Waals surface area (Å²) in [7, 11) is 0. The first-order chi connectivity index (χ1) is 10.7. The molecule has 1 heterocycles. The van der Waals surface area contributed by atoms with E-state index < -0.39 is 0 Å². The third-order valence-electron chi connectivity index (χ3n) is 3.41. The zero-order valence-electron chi connectivity index (χ0n) is 12.6. The van der Waals surface area contributed by atoms with Crippen LogP contribution in [0.3, 0.4) is 0 Å². The molecule has 3 rings (SSSR count). The molecule has 0 fully saturated rings. The maximum Gasteiger partial charge on any atom is 0.213 e. The van der Waals surface area contributed by atoms with Crippen LogP contribution in [0, 0.1) is 6.92 Å². The van der Waals surface area contributed by atoms with E-state index in [-0.39, 0.29) is 0 Å². The Kier molecular flexibility index (Phi) is 4.29. The van der Waals surface area contributed by atoms with Crippen LogP contribution in [0.25, 0.3) is 10.9 Å². The third kappa shape index (κ3) is 3.22. The molecule has 0 radical (unpaired) electrons. The number of hydrogen-bond acceptors (Lipinski definition) is 2. The molecular formula is C18H18BrN2O+. The monoisotopic (exact) mass is 357 g/mol. The molecule has 0 aliphatic heterocycles. The quantitative estimate of drug-likeness (QED) is 0.722. The molecule has 3 aromatic rings. The van der Waals surface area contributed by atoms with E-state index >= 15 is 0 Å². The van der Waals surface area contributed by atoms with Gasteiger partial charge in [0.25, 0.3) is 0 Å². The Morgan fingerprint density at radius 1 is 1.09 bits per heavy atom. The molecular weight excluding hydrogens is 340 g/mol. The Hall–Kier alpha value is -2.07. The molecule has 0 aliphatic carbocycles. The molecule has 2 aromatic carbocycles. The Balaban J connectivity index is 2.05. The lowest BCUT2D eigenvalue weighted by Crippen LogP contribution is -2.10. The van der Waals surface area contributed by atoms with Crippen LogP contribution >= 0.6 is 15.9 Å². The van der Waals surface area contributed by atoms with Crippen LogP contribution in [0.4, 0.5) is 11.4 Å². The van der Waals surface area contributed by atoms with Gasteiger partial charge in [-0.3, -0.25) is 0 Å². The number of ether oxygens (including phenoxy) is 1. The van der Waals surface area contributed by atoms with Crippen molar-refractivity contribution in [2.75, 3.05) is 11.9 Å². The molecule has 0 saturated carbocycles. The lowest BCUT2D eigenvalue weighted by Gasteiger charge is -2.10. The number of nitrogens with one attached hydrogen (secondary N) is 2. The van der Waals surface area contributed by atoms with Crippen LogP contribution in [0.1, 0.15) is 12.6 Å². The summed E-state index contributed by atoms with van der Waals surface area (Å²) in [5.41, 5.74) is 4.31. The molecule has 0 saturated heterocycles. The van der Waals surface area contributed by atoms with Gasteiger partial charge in [0.15, 0.2) is 5.69 Å². The van der Waals surface area contributed by atoms with E-state index in [4.69, 9.17) is 4.74 Å². The summed E-state index contributed by atoms with van der Waals surface area (Å²) >= 11 is 3.46. The number of aromatic nitrogens is 1. The molecule has 22 heavy (non-hydrogen) atoms. The van der Waals surface area contributed by atoms with E-state index in [1.807, 2.05) is 37.3 Å². The Morgan fingerprint density at radius 2 is 1.86 bits per heavy atom. The zero-order valence-corrected chi connectivity index (χ0v) is 14.2. The van der Waals surface area contributed by atoms with E-state index in [0.29, 0.717) is 6.61 Å². The highest BCUT2D eigenvalue weighted by molar-refractivity contribution is 9.10. The minimum atomic E-state index is 0.663.